The molecule has 254 valence electrons. The fraction of sp³-hybridized carbons (Fsp3) is 0. The third-order valence-electron chi connectivity index (χ3n) is 12.0. The van der Waals surface area contributed by atoms with Gasteiger partial charge in [0.1, 0.15) is 11.2 Å². The van der Waals surface area contributed by atoms with Gasteiger partial charge in [-0.2, -0.15) is 0 Å². The summed E-state index contributed by atoms with van der Waals surface area (Å²) in [7, 11) is 0. The molecule has 0 saturated carbocycles. The van der Waals surface area contributed by atoms with Gasteiger partial charge in [-0.3, -0.25) is 0 Å². The van der Waals surface area contributed by atoms with E-state index < -0.39 is 0 Å². The van der Waals surface area contributed by atoms with Crippen LogP contribution in [0.25, 0.3) is 121 Å². The summed E-state index contributed by atoms with van der Waals surface area (Å²) in [5.74, 6) is 0. The fourth-order valence-electron chi connectivity index (χ4n) is 9.81. The Morgan fingerprint density at radius 2 is 1.00 bits per heavy atom. The van der Waals surface area contributed by atoms with E-state index in [1.165, 1.54) is 87.9 Å². The average molecular weight is 699 g/mol. The van der Waals surface area contributed by atoms with Crippen molar-refractivity contribution in [2.24, 2.45) is 0 Å². The molecule has 3 heterocycles. The monoisotopic (exact) mass is 698 g/mol. The lowest BCUT2D eigenvalue weighted by atomic mass is 10.0. The van der Waals surface area contributed by atoms with Crippen molar-refractivity contribution < 1.29 is 4.42 Å². The van der Waals surface area contributed by atoms with Crippen molar-refractivity contribution in [3.8, 4) is 44.8 Å². The molecule has 3 aromatic heterocycles. The summed E-state index contributed by atoms with van der Waals surface area (Å²) in [6, 6.07) is 66.5. The third kappa shape index (κ3) is 3.79. The zero-order chi connectivity index (χ0) is 35.8. The molecule has 0 spiro atoms. The number of hydrogen-bond donors (Lipinski definition) is 0. The van der Waals surface area contributed by atoms with E-state index in [4.69, 9.17) is 4.42 Å². The Morgan fingerprint density at radius 1 is 0.327 bits per heavy atom. The van der Waals surface area contributed by atoms with E-state index in [1.807, 2.05) is 0 Å². The maximum absolute atomic E-state index is 6.52. The first-order chi connectivity index (χ1) is 27.3. The van der Waals surface area contributed by atoms with Crippen molar-refractivity contribution >= 4 is 76.3 Å². The van der Waals surface area contributed by atoms with Crippen LogP contribution in [0, 0.1) is 0 Å². The molecule has 0 atom stereocenters. The molecule has 0 amide bonds. The Balaban J connectivity index is 1.24. The Labute approximate surface area is 315 Å². The predicted octanol–water partition coefficient (Wildman–Crippen LogP) is 14.2. The average Bonchev–Trinajstić information content (AvgIpc) is 3.99. The molecule has 0 bridgehead atoms. The van der Waals surface area contributed by atoms with Gasteiger partial charge in [0, 0.05) is 43.4 Å². The number of furan rings is 1. The van der Waals surface area contributed by atoms with Crippen molar-refractivity contribution in [3.63, 3.8) is 0 Å². The number of para-hydroxylation sites is 2. The number of hydrogen-bond acceptors (Lipinski definition) is 1. The summed E-state index contributed by atoms with van der Waals surface area (Å²) in [5.41, 5.74) is 16.4. The lowest BCUT2D eigenvalue weighted by Crippen LogP contribution is -2.00. The zero-order valence-electron chi connectivity index (χ0n) is 29.6. The predicted molar refractivity (Wildman–Crippen MR) is 230 cm³/mol. The van der Waals surface area contributed by atoms with Crippen molar-refractivity contribution in [2.75, 3.05) is 0 Å². The molecule has 12 aromatic rings. The van der Waals surface area contributed by atoms with Gasteiger partial charge in [-0.25, -0.2) is 0 Å². The molecule has 55 heavy (non-hydrogen) atoms. The summed E-state index contributed by atoms with van der Waals surface area (Å²) >= 11 is 0. The normalized spacial score (nSPS) is 12.4. The number of aromatic nitrogens is 2. The fourth-order valence-corrected chi connectivity index (χ4v) is 9.81. The molecule has 0 fully saturated rings. The topological polar surface area (TPSA) is 23.0 Å². The van der Waals surface area contributed by atoms with E-state index in [1.54, 1.807) is 0 Å². The highest BCUT2D eigenvalue weighted by Gasteiger charge is 2.27. The standard InChI is InChI=1S/C52H30N2O/c1-2-12-31(13-3-1)32-14-10-15-33(30-32)53-45-28-29-47-50(41-19-7-9-23-46(41)55-47)49(45)42-25-24-39-36-18-6-8-22-43(36)54(51(39)52(42)53)44-27-26-38-35-17-5-4-16-34(35)37-20-11-21-40(44)48(37)38/h1-30H. The van der Waals surface area contributed by atoms with Crippen LogP contribution in [0.1, 0.15) is 0 Å². The minimum Gasteiger partial charge on any atom is -0.456 e. The van der Waals surface area contributed by atoms with E-state index in [2.05, 4.69) is 191 Å². The molecular weight excluding hydrogens is 669 g/mol. The zero-order valence-corrected chi connectivity index (χ0v) is 29.6. The van der Waals surface area contributed by atoms with Gasteiger partial charge in [0.2, 0.25) is 0 Å². The van der Waals surface area contributed by atoms with Crippen molar-refractivity contribution in [2.45, 2.75) is 0 Å². The quantitative estimate of drug-likeness (QED) is 0.180. The van der Waals surface area contributed by atoms with Crippen LogP contribution in [0.4, 0.5) is 0 Å². The van der Waals surface area contributed by atoms with Crippen molar-refractivity contribution in [1.29, 1.82) is 0 Å². The van der Waals surface area contributed by atoms with E-state index in [9.17, 15) is 0 Å². The maximum atomic E-state index is 6.52. The maximum Gasteiger partial charge on any atom is 0.136 e. The Morgan fingerprint density at radius 3 is 1.89 bits per heavy atom. The smallest absolute Gasteiger partial charge is 0.136 e. The Kier molecular flexibility index (Phi) is 5.63. The van der Waals surface area contributed by atoms with Crippen LogP contribution in [-0.4, -0.2) is 9.13 Å². The van der Waals surface area contributed by atoms with Crippen LogP contribution in [-0.2, 0) is 0 Å². The number of benzene rings is 9. The first kappa shape index (κ1) is 29.1. The molecule has 0 aliphatic heterocycles. The SMILES string of the molecule is c1ccc(-c2cccc(-n3c4ccc5oc6ccccc6c5c4c4ccc5c6ccccc6n(-c6ccc7c8c(cccc68)-c6ccccc6-7)c5c43)c2)cc1. The molecule has 3 nitrogen and oxygen atoms in total. The van der Waals surface area contributed by atoms with Gasteiger partial charge in [0.25, 0.3) is 0 Å². The third-order valence-corrected chi connectivity index (χ3v) is 12.0. The van der Waals surface area contributed by atoms with E-state index in [0.29, 0.717) is 0 Å². The van der Waals surface area contributed by atoms with Gasteiger partial charge in [0.15, 0.2) is 0 Å². The van der Waals surface area contributed by atoms with Crippen LogP contribution >= 0.6 is 0 Å². The lowest BCUT2D eigenvalue weighted by molar-refractivity contribution is 0.669. The van der Waals surface area contributed by atoms with Crippen molar-refractivity contribution in [3.05, 3.63) is 182 Å². The molecule has 0 radical (unpaired) electrons. The lowest BCUT2D eigenvalue weighted by Gasteiger charge is -2.16. The summed E-state index contributed by atoms with van der Waals surface area (Å²) < 4.78 is 11.6. The van der Waals surface area contributed by atoms with Gasteiger partial charge >= 0.3 is 0 Å². The molecule has 3 heteroatoms. The molecular formula is C52H30N2O. The minimum absolute atomic E-state index is 0.901. The van der Waals surface area contributed by atoms with Crippen LogP contribution < -0.4 is 0 Å². The van der Waals surface area contributed by atoms with E-state index in [0.717, 1.165) is 33.1 Å². The highest BCUT2D eigenvalue weighted by Crippen LogP contribution is 2.50. The highest BCUT2D eigenvalue weighted by molar-refractivity contribution is 6.32. The van der Waals surface area contributed by atoms with Crippen LogP contribution in [0.5, 0.6) is 0 Å². The Bertz CT molecular complexity index is 3570. The molecule has 1 aliphatic carbocycles. The number of fused-ring (bicyclic) bond motifs is 14. The first-order valence-electron chi connectivity index (χ1n) is 18.9. The van der Waals surface area contributed by atoms with Crippen LogP contribution in [0.3, 0.4) is 0 Å². The summed E-state index contributed by atoms with van der Waals surface area (Å²) in [4.78, 5) is 0. The molecule has 0 unspecified atom stereocenters. The molecule has 0 N–H and O–H groups in total. The van der Waals surface area contributed by atoms with Gasteiger partial charge in [-0.1, -0.05) is 140 Å². The molecule has 1 aliphatic rings. The summed E-state index contributed by atoms with van der Waals surface area (Å²) in [6.07, 6.45) is 0. The van der Waals surface area contributed by atoms with Gasteiger partial charge in [0.05, 0.1) is 27.8 Å². The van der Waals surface area contributed by atoms with Gasteiger partial charge in [-0.15, -0.1) is 0 Å². The Hall–Kier alpha value is -7.36. The summed E-state index contributed by atoms with van der Waals surface area (Å²) in [5, 5.41) is 9.73. The van der Waals surface area contributed by atoms with Crippen LogP contribution in [0.2, 0.25) is 0 Å². The van der Waals surface area contributed by atoms with Gasteiger partial charge in [-0.05, 0) is 81.2 Å². The second-order valence-corrected chi connectivity index (χ2v) is 14.8. The van der Waals surface area contributed by atoms with E-state index in [-0.39, 0.29) is 0 Å². The number of rotatable bonds is 3. The van der Waals surface area contributed by atoms with E-state index >= 15 is 0 Å². The minimum atomic E-state index is 0.901. The first-order valence-corrected chi connectivity index (χ1v) is 18.9. The molecule has 9 aromatic carbocycles. The molecule has 0 saturated heterocycles. The van der Waals surface area contributed by atoms with Gasteiger partial charge < -0.3 is 13.6 Å². The second kappa shape index (κ2) is 10.6. The second-order valence-electron chi connectivity index (χ2n) is 14.8. The van der Waals surface area contributed by atoms with Crippen molar-refractivity contribution in [1.82, 2.24) is 9.13 Å². The molecule has 13 rings (SSSR count). The summed E-state index contributed by atoms with van der Waals surface area (Å²) in [6.45, 7) is 0. The highest BCUT2D eigenvalue weighted by atomic mass is 16.3. The largest absolute Gasteiger partial charge is 0.456 e. The van der Waals surface area contributed by atoms with Crippen LogP contribution in [0.15, 0.2) is 186 Å². The number of nitrogens with zero attached hydrogens (tertiary/aromatic N) is 2.